The van der Waals surface area contributed by atoms with Crippen molar-refractivity contribution >= 4 is 17.7 Å². The molecule has 1 saturated heterocycles. The van der Waals surface area contributed by atoms with Crippen LogP contribution in [0.1, 0.15) is 65.7 Å². The molecule has 0 aromatic heterocycles. The van der Waals surface area contributed by atoms with Crippen molar-refractivity contribution in [2.24, 2.45) is 22.7 Å². The largest absolute Gasteiger partial charge is 0.481 e. The van der Waals surface area contributed by atoms with Crippen LogP contribution < -0.4 is 0 Å². The van der Waals surface area contributed by atoms with Crippen molar-refractivity contribution in [1.82, 2.24) is 0 Å². The molecule has 2 saturated carbocycles. The van der Waals surface area contributed by atoms with E-state index in [4.69, 9.17) is 14.6 Å². The number of hydrogen-bond donors (Lipinski definition) is 2. The Bertz CT molecular complexity index is 887. The Hall–Kier alpha value is -1.99. The first-order chi connectivity index (χ1) is 14.9. The van der Waals surface area contributed by atoms with Gasteiger partial charge in [0.2, 0.25) is 0 Å². The number of rotatable bonds is 6. The van der Waals surface area contributed by atoms with Gasteiger partial charge in [-0.1, -0.05) is 39.3 Å². The van der Waals surface area contributed by atoms with Crippen LogP contribution in [-0.2, 0) is 23.9 Å². The molecule has 0 aromatic carbocycles. The van der Waals surface area contributed by atoms with Crippen molar-refractivity contribution in [3.8, 4) is 0 Å². The Morgan fingerprint density at radius 3 is 2.66 bits per heavy atom. The van der Waals surface area contributed by atoms with E-state index in [0.717, 1.165) is 31.3 Å². The van der Waals surface area contributed by atoms with E-state index in [-0.39, 0.29) is 28.1 Å². The number of carbonyl (C=O) groups excluding carboxylic acids is 2. The third kappa shape index (κ3) is 3.63. The van der Waals surface area contributed by atoms with Crippen LogP contribution >= 0.6 is 0 Å². The van der Waals surface area contributed by atoms with Gasteiger partial charge in [0.05, 0.1) is 6.61 Å². The third-order valence-corrected chi connectivity index (χ3v) is 8.68. The fourth-order valence-electron chi connectivity index (χ4n) is 7.06. The van der Waals surface area contributed by atoms with Gasteiger partial charge in [-0.25, -0.2) is 0 Å². The number of ether oxygens (including phenoxy) is 2. The topological polar surface area (TPSA) is 113 Å². The van der Waals surface area contributed by atoms with Gasteiger partial charge in [0, 0.05) is 5.57 Å². The molecule has 7 nitrogen and oxygen atoms in total. The lowest BCUT2D eigenvalue weighted by molar-refractivity contribution is -0.155. The van der Waals surface area contributed by atoms with E-state index in [1.54, 1.807) is 0 Å². The lowest BCUT2D eigenvalue weighted by atomic mass is 9.46. The zero-order chi connectivity index (χ0) is 23.5. The van der Waals surface area contributed by atoms with Crippen molar-refractivity contribution < 1.29 is 34.1 Å². The molecule has 0 aromatic rings. The Morgan fingerprint density at radius 2 is 2.00 bits per heavy atom. The predicted molar refractivity (Wildman–Crippen MR) is 116 cm³/mol. The molecular weight excluding hydrogens is 412 g/mol. The lowest BCUT2D eigenvalue weighted by Gasteiger charge is -2.58. The number of carbonyl (C=O) groups is 3. The second-order valence-corrected chi connectivity index (χ2v) is 11.0. The van der Waals surface area contributed by atoms with E-state index in [1.165, 1.54) is 12.5 Å². The van der Waals surface area contributed by atoms with Crippen LogP contribution in [0.25, 0.3) is 0 Å². The summed E-state index contributed by atoms with van der Waals surface area (Å²) in [4.78, 5) is 36.0. The van der Waals surface area contributed by atoms with Gasteiger partial charge in [-0.15, -0.1) is 0 Å². The van der Waals surface area contributed by atoms with Crippen LogP contribution in [0.5, 0.6) is 0 Å². The quantitative estimate of drug-likeness (QED) is 0.279. The monoisotopic (exact) mass is 446 g/mol. The molecule has 3 aliphatic carbocycles. The number of allylic oxidation sites excluding steroid dienone is 1. The minimum atomic E-state index is -1.29. The number of carboxylic acids is 1. The summed E-state index contributed by atoms with van der Waals surface area (Å²) in [5.41, 5.74) is 0.529. The van der Waals surface area contributed by atoms with Gasteiger partial charge < -0.3 is 19.7 Å². The first-order valence-electron chi connectivity index (χ1n) is 11.6. The molecule has 7 heteroatoms. The van der Waals surface area contributed by atoms with Gasteiger partial charge in [0.15, 0.2) is 17.5 Å². The number of hydrogen-bond acceptors (Lipinski definition) is 6. The molecule has 2 unspecified atom stereocenters. The fourth-order valence-corrected chi connectivity index (χ4v) is 7.06. The molecule has 176 valence electrons. The average Bonchev–Trinajstić information content (AvgIpc) is 3.42. The summed E-state index contributed by atoms with van der Waals surface area (Å²) < 4.78 is 11.3. The fraction of sp³-hybridized carbons (Fsp3) is 0.720. The molecule has 3 fully saturated rings. The number of ketones is 1. The molecule has 0 bridgehead atoms. The highest BCUT2D eigenvalue weighted by Gasteiger charge is 2.70. The summed E-state index contributed by atoms with van der Waals surface area (Å²) >= 11 is 0. The van der Waals surface area contributed by atoms with Gasteiger partial charge in [0.1, 0.15) is 12.5 Å². The van der Waals surface area contributed by atoms with Gasteiger partial charge in [-0.2, -0.15) is 0 Å². The first kappa shape index (κ1) is 23.2. The molecule has 4 rings (SSSR count). The standard InChI is InChI=1S/C25H34O7/c1-14-6-7-17-23(2,3)8-5-9-24(17,4)16(14)12-25-18(27)10-15(13-26)21(22(25)32-25)31-20(30)11-19(28)29/h10,16-17,21-22,26H,1,5-9,11-13H2,2-4H3,(H,28,29)/t16?,17-,21+,22?,24+,25-/m0/s1. The highest BCUT2D eigenvalue weighted by Crippen LogP contribution is 2.64. The van der Waals surface area contributed by atoms with Crippen molar-refractivity contribution in [1.29, 1.82) is 0 Å². The van der Waals surface area contributed by atoms with Crippen LogP contribution in [0.3, 0.4) is 0 Å². The molecule has 0 spiro atoms. The molecule has 32 heavy (non-hydrogen) atoms. The van der Waals surface area contributed by atoms with E-state index >= 15 is 0 Å². The molecule has 0 radical (unpaired) electrons. The second kappa shape index (κ2) is 7.80. The van der Waals surface area contributed by atoms with Crippen LogP contribution in [0.2, 0.25) is 0 Å². The van der Waals surface area contributed by atoms with E-state index < -0.39 is 42.8 Å². The highest BCUT2D eigenvalue weighted by molar-refractivity contribution is 6.02. The number of aliphatic hydroxyl groups is 1. The number of aliphatic hydroxyl groups excluding tert-OH is 1. The predicted octanol–water partition coefficient (Wildman–Crippen LogP) is 3.20. The minimum absolute atomic E-state index is 0.0130. The lowest BCUT2D eigenvalue weighted by Crippen LogP contribution is -2.51. The number of esters is 1. The Kier molecular flexibility index (Phi) is 5.65. The van der Waals surface area contributed by atoms with Crippen LogP contribution in [0.4, 0.5) is 0 Å². The van der Waals surface area contributed by atoms with E-state index in [1.807, 2.05) is 0 Å². The van der Waals surface area contributed by atoms with Gasteiger partial charge in [0.25, 0.3) is 0 Å². The number of fused-ring (bicyclic) bond motifs is 2. The summed E-state index contributed by atoms with van der Waals surface area (Å²) in [6.45, 7) is 10.9. The second-order valence-electron chi connectivity index (χ2n) is 11.0. The number of epoxide rings is 1. The molecule has 1 aliphatic heterocycles. The summed E-state index contributed by atoms with van der Waals surface area (Å²) in [7, 11) is 0. The third-order valence-electron chi connectivity index (χ3n) is 8.68. The van der Waals surface area contributed by atoms with Crippen LogP contribution in [0, 0.1) is 22.7 Å². The Labute approximate surface area is 188 Å². The van der Waals surface area contributed by atoms with Gasteiger partial charge in [-0.3, -0.25) is 14.4 Å². The van der Waals surface area contributed by atoms with Crippen molar-refractivity contribution in [3.05, 3.63) is 23.8 Å². The summed E-state index contributed by atoms with van der Waals surface area (Å²) in [6.07, 6.45) is 4.80. The van der Waals surface area contributed by atoms with Crippen LogP contribution in [-0.4, -0.2) is 52.4 Å². The van der Waals surface area contributed by atoms with E-state index in [9.17, 15) is 19.5 Å². The zero-order valence-corrected chi connectivity index (χ0v) is 19.2. The van der Waals surface area contributed by atoms with Crippen LogP contribution in [0.15, 0.2) is 23.8 Å². The average molecular weight is 447 g/mol. The maximum Gasteiger partial charge on any atom is 0.317 e. The molecular formula is C25H34O7. The molecule has 6 atom stereocenters. The maximum atomic E-state index is 13.1. The maximum absolute atomic E-state index is 13.1. The van der Waals surface area contributed by atoms with Crippen molar-refractivity contribution in [3.63, 3.8) is 0 Å². The SMILES string of the molecule is C=C1CC[C@H]2C(C)(C)CCC[C@]2(C)C1C[C@@]12OC1[C@H](OC(=O)CC(=O)O)C(CO)=CC2=O. The summed E-state index contributed by atoms with van der Waals surface area (Å²) in [5.74, 6) is -1.79. The Morgan fingerprint density at radius 1 is 1.28 bits per heavy atom. The summed E-state index contributed by atoms with van der Waals surface area (Å²) in [5, 5.41) is 18.6. The van der Waals surface area contributed by atoms with Crippen molar-refractivity contribution in [2.45, 2.75) is 83.5 Å². The van der Waals surface area contributed by atoms with E-state index in [2.05, 4.69) is 27.4 Å². The number of aliphatic carboxylic acids is 1. The molecule has 4 aliphatic rings. The highest BCUT2D eigenvalue weighted by atomic mass is 16.7. The Balaban J connectivity index is 1.60. The van der Waals surface area contributed by atoms with E-state index in [0.29, 0.717) is 12.3 Å². The number of carboxylic acid groups (broad SMARTS) is 1. The van der Waals surface area contributed by atoms with Gasteiger partial charge >= 0.3 is 11.9 Å². The summed E-state index contributed by atoms with van der Waals surface area (Å²) in [6, 6.07) is 0. The molecule has 0 amide bonds. The minimum Gasteiger partial charge on any atom is -0.481 e. The normalized spacial score (nSPS) is 40.1. The first-order valence-corrected chi connectivity index (χ1v) is 11.6. The molecule has 1 heterocycles. The zero-order valence-electron chi connectivity index (χ0n) is 19.2. The smallest absolute Gasteiger partial charge is 0.317 e. The molecule has 2 N–H and O–H groups in total. The van der Waals surface area contributed by atoms with Crippen molar-refractivity contribution in [2.75, 3.05) is 6.61 Å². The van der Waals surface area contributed by atoms with Gasteiger partial charge in [-0.05, 0) is 60.8 Å².